The summed E-state index contributed by atoms with van der Waals surface area (Å²) in [5.41, 5.74) is 5.08. The van der Waals surface area contributed by atoms with Crippen molar-refractivity contribution in [3.8, 4) is 0 Å². The Labute approximate surface area is 166 Å². The van der Waals surface area contributed by atoms with Crippen LogP contribution in [0.15, 0.2) is 45.8 Å². The fraction of sp³-hybridized carbons (Fsp3) is 0.273. The van der Waals surface area contributed by atoms with Crippen molar-refractivity contribution < 1.29 is 4.79 Å². The normalized spacial score (nSPS) is 12.6. The highest BCUT2D eigenvalue weighted by molar-refractivity contribution is 9.10. The maximum absolute atomic E-state index is 13.1. The van der Waals surface area contributed by atoms with E-state index in [1.165, 1.54) is 0 Å². The summed E-state index contributed by atoms with van der Waals surface area (Å²) < 4.78 is 2.90. The molecule has 0 fully saturated rings. The zero-order chi connectivity index (χ0) is 19.1. The molecule has 4 nitrogen and oxygen atoms in total. The minimum absolute atomic E-state index is 0.196. The Bertz CT molecular complexity index is 1110. The molecule has 27 heavy (non-hydrogen) atoms. The third-order valence-corrected chi connectivity index (χ3v) is 5.78. The van der Waals surface area contributed by atoms with Crippen LogP contribution in [0.3, 0.4) is 0 Å². The van der Waals surface area contributed by atoms with E-state index < -0.39 is 0 Å². The van der Waals surface area contributed by atoms with Crippen LogP contribution in [-0.2, 0) is 25.8 Å². The van der Waals surface area contributed by atoms with Crippen molar-refractivity contribution >= 4 is 38.4 Å². The van der Waals surface area contributed by atoms with E-state index in [2.05, 4.69) is 41.2 Å². The maximum atomic E-state index is 13.1. The zero-order valence-corrected chi connectivity index (χ0v) is 17.0. The van der Waals surface area contributed by atoms with E-state index in [9.17, 15) is 9.59 Å². The second-order valence-corrected chi connectivity index (χ2v) is 7.80. The highest BCUT2D eigenvalue weighted by Gasteiger charge is 2.22. The van der Waals surface area contributed by atoms with Gasteiger partial charge in [0.25, 0.3) is 5.91 Å². The van der Waals surface area contributed by atoms with E-state index in [0.717, 1.165) is 58.2 Å². The molecule has 5 heteroatoms. The molecule has 4 rings (SSSR count). The Morgan fingerprint density at radius 1 is 1.19 bits per heavy atom. The predicted molar refractivity (Wildman–Crippen MR) is 113 cm³/mol. The van der Waals surface area contributed by atoms with Crippen LogP contribution in [0, 0.1) is 0 Å². The molecule has 2 heterocycles. The molecule has 0 saturated heterocycles. The smallest absolute Gasteiger partial charge is 0.261 e. The van der Waals surface area contributed by atoms with E-state index >= 15 is 0 Å². The summed E-state index contributed by atoms with van der Waals surface area (Å²) in [7, 11) is 0. The quantitative estimate of drug-likeness (QED) is 0.659. The van der Waals surface area contributed by atoms with Crippen molar-refractivity contribution in [3.63, 3.8) is 0 Å². The minimum atomic E-state index is -0.338. The van der Waals surface area contributed by atoms with Crippen LogP contribution in [0.1, 0.15) is 40.9 Å². The Kier molecular flexibility index (Phi) is 4.64. The van der Waals surface area contributed by atoms with Crippen molar-refractivity contribution in [2.75, 3.05) is 5.32 Å². The standard InChI is InChI=1S/C22H21BrN2O2/c1-3-13-6-5-7-14(4-2)19(13)24-22(27)18-12-25-9-8-15-10-16(23)11-17(20(15)25)21(18)26/h5-7,10-12H,3-4,8-9H2,1-2H3,(H,24,27). The highest BCUT2D eigenvalue weighted by atomic mass is 79.9. The lowest BCUT2D eigenvalue weighted by Crippen LogP contribution is -2.24. The van der Waals surface area contributed by atoms with Gasteiger partial charge in [-0.3, -0.25) is 9.59 Å². The number of aryl methyl sites for hydroxylation is 4. The third-order valence-electron chi connectivity index (χ3n) is 5.32. The number of pyridine rings is 1. The number of amides is 1. The molecule has 1 N–H and O–H groups in total. The maximum Gasteiger partial charge on any atom is 0.261 e. The van der Waals surface area contributed by atoms with Gasteiger partial charge >= 0.3 is 0 Å². The van der Waals surface area contributed by atoms with Gasteiger partial charge in [0.15, 0.2) is 0 Å². The summed E-state index contributed by atoms with van der Waals surface area (Å²) in [4.78, 5) is 26.1. The summed E-state index contributed by atoms with van der Waals surface area (Å²) in [5.74, 6) is -0.338. The number of carbonyl (C=O) groups excluding carboxylic acids is 1. The molecule has 3 aromatic rings. The molecule has 0 spiro atoms. The van der Waals surface area contributed by atoms with Crippen molar-refractivity contribution in [1.82, 2.24) is 4.57 Å². The van der Waals surface area contributed by atoms with Gasteiger partial charge in [-0.05, 0) is 48.1 Å². The van der Waals surface area contributed by atoms with Crippen LogP contribution in [0.5, 0.6) is 0 Å². The lowest BCUT2D eigenvalue weighted by atomic mass is 10.0. The van der Waals surface area contributed by atoms with Gasteiger partial charge in [0.2, 0.25) is 5.43 Å². The van der Waals surface area contributed by atoms with Gasteiger partial charge in [0.05, 0.1) is 5.52 Å². The van der Waals surface area contributed by atoms with Crippen molar-refractivity contribution in [3.05, 3.63) is 73.5 Å². The fourth-order valence-corrected chi connectivity index (χ4v) is 4.45. The van der Waals surface area contributed by atoms with Gasteiger partial charge in [-0.25, -0.2) is 0 Å². The van der Waals surface area contributed by atoms with Crippen molar-refractivity contribution in [2.24, 2.45) is 0 Å². The number of hydrogen-bond acceptors (Lipinski definition) is 2. The summed E-state index contributed by atoms with van der Waals surface area (Å²) in [5, 5.41) is 3.62. The Morgan fingerprint density at radius 3 is 2.56 bits per heavy atom. The second-order valence-electron chi connectivity index (χ2n) is 6.89. The number of aromatic nitrogens is 1. The molecule has 1 aromatic heterocycles. The van der Waals surface area contributed by atoms with Gasteiger partial charge in [0, 0.05) is 28.3 Å². The average molecular weight is 425 g/mol. The monoisotopic (exact) mass is 424 g/mol. The number of hydrogen-bond donors (Lipinski definition) is 1. The second kappa shape index (κ2) is 6.97. The van der Waals surface area contributed by atoms with Gasteiger partial charge in [0.1, 0.15) is 5.56 Å². The predicted octanol–water partition coefficient (Wildman–Crippen LogP) is 4.70. The Hall–Kier alpha value is -2.40. The van der Waals surface area contributed by atoms with E-state index in [-0.39, 0.29) is 16.9 Å². The average Bonchev–Trinajstić information content (AvgIpc) is 3.07. The summed E-state index contributed by atoms with van der Waals surface area (Å²) >= 11 is 3.49. The number of para-hydroxylation sites is 1. The van der Waals surface area contributed by atoms with Crippen LogP contribution >= 0.6 is 15.9 Å². The first-order chi connectivity index (χ1) is 13.0. The summed E-state index contributed by atoms with van der Waals surface area (Å²) in [6, 6.07) is 9.92. The number of benzene rings is 2. The molecule has 0 bridgehead atoms. The van der Waals surface area contributed by atoms with Crippen molar-refractivity contribution in [2.45, 2.75) is 39.7 Å². The topological polar surface area (TPSA) is 51.1 Å². The molecule has 2 aromatic carbocycles. The highest BCUT2D eigenvalue weighted by Crippen LogP contribution is 2.29. The molecule has 0 radical (unpaired) electrons. The van der Waals surface area contributed by atoms with Crippen LogP contribution in [0.4, 0.5) is 5.69 Å². The van der Waals surface area contributed by atoms with E-state index in [0.29, 0.717) is 5.39 Å². The lowest BCUT2D eigenvalue weighted by molar-refractivity contribution is 0.102. The van der Waals surface area contributed by atoms with Gasteiger partial charge in [-0.15, -0.1) is 0 Å². The molecule has 138 valence electrons. The number of rotatable bonds is 4. The van der Waals surface area contributed by atoms with Crippen LogP contribution in [-0.4, -0.2) is 10.5 Å². The van der Waals surface area contributed by atoms with Crippen LogP contribution in [0.25, 0.3) is 10.9 Å². The van der Waals surface area contributed by atoms with E-state index in [1.807, 2.05) is 28.8 Å². The van der Waals surface area contributed by atoms with Gasteiger partial charge in [-0.2, -0.15) is 0 Å². The van der Waals surface area contributed by atoms with Crippen LogP contribution < -0.4 is 10.7 Å². The SMILES string of the molecule is CCc1cccc(CC)c1NC(=O)c1cn2c3c(cc(Br)cc3c1=O)CC2. The van der Waals surface area contributed by atoms with E-state index in [1.54, 1.807) is 6.20 Å². The Balaban J connectivity index is 1.82. The lowest BCUT2D eigenvalue weighted by Gasteiger charge is -2.15. The first-order valence-electron chi connectivity index (χ1n) is 9.31. The molecule has 1 aliphatic heterocycles. The van der Waals surface area contributed by atoms with Crippen LogP contribution in [0.2, 0.25) is 0 Å². The van der Waals surface area contributed by atoms with Crippen molar-refractivity contribution in [1.29, 1.82) is 0 Å². The zero-order valence-electron chi connectivity index (χ0n) is 15.4. The van der Waals surface area contributed by atoms with E-state index in [4.69, 9.17) is 0 Å². The molecule has 1 aliphatic rings. The largest absolute Gasteiger partial charge is 0.346 e. The molecule has 1 amide bonds. The summed E-state index contributed by atoms with van der Waals surface area (Å²) in [6.07, 6.45) is 4.23. The molecule has 0 aliphatic carbocycles. The minimum Gasteiger partial charge on any atom is -0.346 e. The number of carbonyl (C=O) groups is 1. The van der Waals surface area contributed by atoms with Gasteiger partial charge < -0.3 is 9.88 Å². The third kappa shape index (κ3) is 3.00. The molecule has 0 saturated carbocycles. The first-order valence-corrected chi connectivity index (χ1v) is 10.1. The Morgan fingerprint density at radius 2 is 1.89 bits per heavy atom. The number of halogens is 1. The molecule has 0 unspecified atom stereocenters. The van der Waals surface area contributed by atoms with Gasteiger partial charge in [-0.1, -0.05) is 48.0 Å². The fourth-order valence-electron chi connectivity index (χ4n) is 3.95. The summed E-state index contributed by atoms with van der Waals surface area (Å²) in [6.45, 7) is 4.92. The molecular formula is C22H21BrN2O2. The number of anilines is 1. The number of nitrogens with one attached hydrogen (secondary N) is 1. The number of nitrogens with zero attached hydrogens (tertiary/aromatic N) is 1. The molecular weight excluding hydrogens is 404 g/mol. The first kappa shape index (κ1) is 18.0. The molecule has 0 atom stereocenters.